The summed E-state index contributed by atoms with van der Waals surface area (Å²) in [6.45, 7) is 3.25. The molecule has 0 rings (SSSR count). The zero-order valence-corrected chi connectivity index (χ0v) is 11.5. The van der Waals surface area contributed by atoms with Gasteiger partial charge in [-0.3, -0.25) is 4.79 Å². The molecular formula is C11H17F6NO3. The predicted octanol–water partition coefficient (Wildman–Crippen LogP) is 2.15. The molecule has 0 aliphatic heterocycles. The molecule has 21 heavy (non-hydrogen) atoms. The summed E-state index contributed by atoms with van der Waals surface area (Å²) in [4.78, 5) is 11.3. The maximum atomic E-state index is 12.7. The molecule has 0 aromatic rings. The molecule has 0 bridgehead atoms. The zero-order chi connectivity index (χ0) is 17.2. The molecule has 3 N–H and O–H groups in total. The second-order valence-electron chi connectivity index (χ2n) is 5.10. The number of hydrogen-bond acceptors (Lipinski definition) is 4. The van der Waals surface area contributed by atoms with Crippen LogP contribution in [0.25, 0.3) is 0 Å². The average Bonchev–Trinajstić information content (AvgIpc) is 2.20. The van der Waals surface area contributed by atoms with E-state index in [-0.39, 0.29) is 0 Å². The van der Waals surface area contributed by atoms with Gasteiger partial charge in [-0.25, -0.2) is 0 Å². The lowest BCUT2D eigenvalue weighted by Gasteiger charge is -2.39. The van der Waals surface area contributed by atoms with E-state index in [4.69, 9.17) is 5.73 Å². The fourth-order valence-corrected chi connectivity index (χ4v) is 1.64. The van der Waals surface area contributed by atoms with Crippen molar-refractivity contribution < 1.29 is 41.0 Å². The Morgan fingerprint density at radius 3 is 1.71 bits per heavy atom. The summed E-state index contributed by atoms with van der Waals surface area (Å²) >= 11 is 0. The van der Waals surface area contributed by atoms with E-state index in [1.807, 2.05) is 0 Å². The van der Waals surface area contributed by atoms with E-state index >= 15 is 0 Å². The van der Waals surface area contributed by atoms with Crippen molar-refractivity contribution in [3.8, 4) is 0 Å². The molecule has 0 aliphatic carbocycles. The minimum atomic E-state index is -6.06. The molecule has 0 saturated heterocycles. The second-order valence-corrected chi connectivity index (χ2v) is 5.10. The van der Waals surface area contributed by atoms with Crippen molar-refractivity contribution in [3.63, 3.8) is 0 Å². The normalized spacial score (nSPS) is 16.8. The first-order valence-electron chi connectivity index (χ1n) is 5.95. The summed E-state index contributed by atoms with van der Waals surface area (Å²) in [5, 5.41) is 9.24. The van der Waals surface area contributed by atoms with Crippen LogP contribution in [-0.4, -0.2) is 41.2 Å². The van der Waals surface area contributed by atoms with Crippen molar-refractivity contribution in [2.24, 2.45) is 11.7 Å². The van der Waals surface area contributed by atoms with E-state index < -0.39 is 48.4 Å². The van der Waals surface area contributed by atoms with E-state index in [1.165, 1.54) is 6.92 Å². The Balaban J connectivity index is 5.64. The van der Waals surface area contributed by atoms with Crippen molar-refractivity contribution >= 4 is 5.97 Å². The van der Waals surface area contributed by atoms with Crippen LogP contribution in [0.5, 0.6) is 0 Å². The zero-order valence-electron chi connectivity index (χ0n) is 11.5. The molecule has 0 spiro atoms. The molecule has 2 unspecified atom stereocenters. The summed E-state index contributed by atoms with van der Waals surface area (Å²) < 4.78 is 80.7. The number of ether oxygens (including phenoxy) is 1. The van der Waals surface area contributed by atoms with Crippen molar-refractivity contribution in [3.05, 3.63) is 0 Å². The van der Waals surface area contributed by atoms with E-state index in [1.54, 1.807) is 0 Å². The monoisotopic (exact) mass is 325 g/mol. The smallest absolute Gasteiger partial charge is 0.430 e. The molecule has 0 amide bonds. The second kappa shape index (κ2) is 6.39. The third-order valence-corrected chi connectivity index (χ3v) is 2.63. The first-order valence-corrected chi connectivity index (χ1v) is 5.95. The van der Waals surface area contributed by atoms with Crippen LogP contribution in [0, 0.1) is 5.92 Å². The van der Waals surface area contributed by atoms with Gasteiger partial charge in [0.15, 0.2) is 6.10 Å². The van der Waals surface area contributed by atoms with Crippen LogP contribution < -0.4 is 5.73 Å². The van der Waals surface area contributed by atoms with Crippen LogP contribution in [0.1, 0.15) is 27.2 Å². The Labute approximate surface area is 117 Å². The van der Waals surface area contributed by atoms with E-state index in [0.717, 1.165) is 13.8 Å². The van der Waals surface area contributed by atoms with Crippen LogP contribution in [0.2, 0.25) is 0 Å². The van der Waals surface area contributed by atoms with Gasteiger partial charge in [0.1, 0.15) is 0 Å². The Hall–Kier alpha value is -1.03. The lowest BCUT2D eigenvalue weighted by Crippen LogP contribution is -2.66. The Morgan fingerprint density at radius 1 is 1.10 bits per heavy atom. The summed E-state index contributed by atoms with van der Waals surface area (Å²) in [7, 11) is 0. The lowest BCUT2D eigenvalue weighted by atomic mass is 9.87. The summed E-state index contributed by atoms with van der Waals surface area (Å²) in [6.07, 6.45) is -15.5. The third-order valence-electron chi connectivity index (χ3n) is 2.63. The van der Waals surface area contributed by atoms with Crippen LogP contribution in [0.15, 0.2) is 0 Å². The van der Waals surface area contributed by atoms with Crippen LogP contribution >= 0.6 is 0 Å². The fourth-order valence-electron chi connectivity index (χ4n) is 1.64. The number of rotatable bonds is 5. The van der Waals surface area contributed by atoms with Crippen molar-refractivity contribution in [1.29, 1.82) is 0 Å². The number of carbonyl (C=O) groups is 1. The highest BCUT2D eigenvalue weighted by molar-refractivity contribution is 5.70. The largest absolute Gasteiger partial charge is 0.458 e. The van der Waals surface area contributed by atoms with Gasteiger partial charge in [-0.1, -0.05) is 13.8 Å². The molecule has 126 valence electrons. The number of nitrogens with two attached hydrogens (primary N) is 1. The number of carbonyl (C=O) groups excluding carboxylic acids is 1. The Kier molecular flexibility index (Phi) is 6.07. The highest BCUT2D eigenvalue weighted by Gasteiger charge is 2.75. The first kappa shape index (κ1) is 20.0. The van der Waals surface area contributed by atoms with Gasteiger partial charge in [-0.05, 0) is 12.8 Å². The van der Waals surface area contributed by atoms with E-state index in [9.17, 15) is 36.2 Å². The summed E-state index contributed by atoms with van der Waals surface area (Å²) in [5.41, 5.74) is 0.0669. The fraction of sp³-hybridized carbons (Fsp3) is 0.909. The third kappa shape index (κ3) is 4.47. The van der Waals surface area contributed by atoms with Crippen LogP contribution in [0.3, 0.4) is 0 Å². The number of esters is 1. The molecule has 0 aromatic heterocycles. The molecule has 0 heterocycles. The molecule has 4 nitrogen and oxygen atoms in total. The van der Waals surface area contributed by atoms with Crippen molar-refractivity contribution in [2.45, 2.75) is 57.3 Å². The molecular weight excluding hydrogens is 308 g/mol. The summed E-state index contributed by atoms with van der Waals surface area (Å²) in [5.74, 6) is -2.79. The summed E-state index contributed by atoms with van der Waals surface area (Å²) in [6, 6.07) is -0.810. The number of hydrogen-bond donors (Lipinski definition) is 2. The van der Waals surface area contributed by atoms with E-state index in [0.29, 0.717) is 0 Å². The average molecular weight is 325 g/mol. The molecule has 2 atom stereocenters. The maximum Gasteiger partial charge on any atom is 0.430 e. The van der Waals surface area contributed by atoms with Gasteiger partial charge in [0.2, 0.25) is 0 Å². The molecule has 0 radical (unpaired) electrons. The van der Waals surface area contributed by atoms with Gasteiger partial charge in [-0.15, -0.1) is 0 Å². The molecule has 0 fully saturated rings. The molecule has 0 aliphatic rings. The lowest BCUT2D eigenvalue weighted by molar-refractivity contribution is -0.395. The topological polar surface area (TPSA) is 72.6 Å². The van der Waals surface area contributed by atoms with Gasteiger partial charge in [-0.2, -0.15) is 26.3 Å². The van der Waals surface area contributed by atoms with Gasteiger partial charge >= 0.3 is 18.3 Å². The van der Waals surface area contributed by atoms with Crippen molar-refractivity contribution in [1.82, 2.24) is 0 Å². The molecule has 10 heteroatoms. The number of alkyl halides is 6. The van der Waals surface area contributed by atoms with E-state index in [2.05, 4.69) is 4.74 Å². The first-order chi connectivity index (χ1) is 9.14. The number of halogens is 6. The van der Waals surface area contributed by atoms with Gasteiger partial charge < -0.3 is 15.6 Å². The molecule has 0 aromatic carbocycles. The quantitative estimate of drug-likeness (QED) is 0.600. The maximum absolute atomic E-state index is 12.7. The Bertz CT molecular complexity index is 350. The minimum absolute atomic E-state index is 0.574. The van der Waals surface area contributed by atoms with Gasteiger partial charge in [0.25, 0.3) is 5.60 Å². The van der Waals surface area contributed by atoms with Gasteiger partial charge in [0.05, 0.1) is 6.42 Å². The minimum Gasteiger partial charge on any atom is -0.458 e. The SMILES string of the molecule is CC(N)CC(=O)OC(C(C)C)C(O)(C(F)(F)F)C(F)(F)F. The van der Waals surface area contributed by atoms with Crippen LogP contribution in [-0.2, 0) is 9.53 Å². The Morgan fingerprint density at radius 2 is 1.48 bits per heavy atom. The number of aliphatic hydroxyl groups is 1. The van der Waals surface area contributed by atoms with Crippen LogP contribution in [0.4, 0.5) is 26.3 Å². The van der Waals surface area contributed by atoms with Crippen molar-refractivity contribution in [2.75, 3.05) is 0 Å². The standard InChI is InChI=1S/C11H17F6NO3/c1-5(2)8(21-7(19)4-6(3)18)9(20,10(12,13)14)11(15,16)17/h5-6,8,20H,4,18H2,1-3H3. The highest BCUT2D eigenvalue weighted by Crippen LogP contribution is 2.47. The van der Waals surface area contributed by atoms with Gasteiger partial charge in [0, 0.05) is 6.04 Å². The predicted molar refractivity (Wildman–Crippen MR) is 60.0 cm³/mol. The highest BCUT2D eigenvalue weighted by atomic mass is 19.4. The molecule has 0 saturated carbocycles.